The molecule has 0 N–H and O–H groups in total. The average molecular weight is 122 g/mol. The lowest BCUT2D eigenvalue weighted by Crippen LogP contribution is -1.73. The molecule has 0 atom stereocenters. The fourth-order valence-electron chi connectivity index (χ4n) is 0.604. The van der Waals surface area contributed by atoms with Crippen LogP contribution in [0.5, 0.6) is 0 Å². The van der Waals surface area contributed by atoms with Gasteiger partial charge in [-0.15, -0.1) is 18.4 Å². The van der Waals surface area contributed by atoms with E-state index in [0.717, 1.165) is 19.3 Å². The van der Waals surface area contributed by atoms with E-state index in [9.17, 15) is 0 Å². The summed E-state index contributed by atoms with van der Waals surface area (Å²) in [6, 6.07) is 0. The van der Waals surface area contributed by atoms with E-state index in [2.05, 4.69) is 25.3 Å². The zero-order valence-corrected chi connectivity index (χ0v) is 6.33. The van der Waals surface area contributed by atoms with Crippen LogP contribution in [0.2, 0.25) is 0 Å². The van der Waals surface area contributed by atoms with Crippen LogP contribution in [-0.2, 0) is 0 Å². The fourth-order valence-corrected chi connectivity index (χ4v) is 0.604. The van der Waals surface area contributed by atoms with Gasteiger partial charge in [0.2, 0.25) is 0 Å². The van der Waals surface area contributed by atoms with Crippen LogP contribution in [-0.4, -0.2) is 0 Å². The summed E-state index contributed by atoms with van der Waals surface area (Å²) in [4.78, 5) is 0. The van der Waals surface area contributed by atoms with Crippen LogP contribution >= 0.6 is 0 Å². The van der Waals surface area contributed by atoms with Crippen LogP contribution in [0.15, 0.2) is 12.2 Å². The monoisotopic (exact) mass is 122 g/mol. The van der Waals surface area contributed by atoms with Crippen molar-refractivity contribution in [3.8, 4) is 11.8 Å². The molecule has 0 bridgehead atoms. The largest absolute Gasteiger partial charge is 0.107 e. The third-order valence-electron chi connectivity index (χ3n) is 1.08. The highest BCUT2D eigenvalue weighted by Crippen LogP contribution is 2.01. The SMILES string of the molecule is C=C(C)CCCC#CC. The first kappa shape index (κ1) is 8.30. The summed E-state index contributed by atoms with van der Waals surface area (Å²) in [7, 11) is 0. The first-order valence-electron chi connectivity index (χ1n) is 3.31. The van der Waals surface area contributed by atoms with E-state index in [1.54, 1.807) is 0 Å². The van der Waals surface area contributed by atoms with Gasteiger partial charge in [-0.05, 0) is 26.7 Å². The minimum absolute atomic E-state index is 1.02. The normalized spacial score (nSPS) is 7.78. The molecule has 0 spiro atoms. The molecule has 0 aromatic heterocycles. The first-order chi connectivity index (χ1) is 4.27. The Bertz CT molecular complexity index is 132. The summed E-state index contributed by atoms with van der Waals surface area (Å²) in [6.07, 6.45) is 3.30. The Labute approximate surface area is 58.0 Å². The van der Waals surface area contributed by atoms with Crippen molar-refractivity contribution in [3.05, 3.63) is 12.2 Å². The second-order valence-electron chi connectivity index (χ2n) is 2.24. The van der Waals surface area contributed by atoms with E-state index in [4.69, 9.17) is 0 Å². The molecule has 0 rings (SSSR count). The number of hydrogen-bond acceptors (Lipinski definition) is 0. The van der Waals surface area contributed by atoms with Crippen LogP contribution < -0.4 is 0 Å². The molecular weight excluding hydrogens is 108 g/mol. The first-order valence-corrected chi connectivity index (χ1v) is 3.31. The highest BCUT2D eigenvalue weighted by atomic mass is 13.9. The van der Waals surface area contributed by atoms with Gasteiger partial charge < -0.3 is 0 Å². The predicted molar refractivity (Wildman–Crippen MR) is 42.1 cm³/mol. The van der Waals surface area contributed by atoms with Gasteiger partial charge in [0.25, 0.3) is 0 Å². The van der Waals surface area contributed by atoms with E-state index < -0.39 is 0 Å². The second-order valence-corrected chi connectivity index (χ2v) is 2.24. The van der Waals surface area contributed by atoms with Gasteiger partial charge in [-0.3, -0.25) is 0 Å². The van der Waals surface area contributed by atoms with Crippen LogP contribution in [0.1, 0.15) is 33.1 Å². The molecule has 0 saturated carbocycles. The fraction of sp³-hybridized carbons (Fsp3) is 0.556. The Hall–Kier alpha value is -0.700. The number of hydrogen-bond donors (Lipinski definition) is 0. The number of unbranched alkanes of at least 4 members (excludes halogenated alkanes) is 1. The van der Waals surface area contributed by atoms with E-state index in [1.165, 1.54) is 5.57 Å². The maximum Gasteiger partial charge on any atom is 0.00916 e. The Morgan fingerprint density at radius 1 is 1.56 bits per heavy atom. The molecule has 0 aromatic carbocycles. The number of allylic oxidation sites excluding steroid dienone is 1. The van der Waals surface area contributed by atoms with Gasteiger partial charge in [-0.1, -0.05) is 5.57 Å². The standard InChI is InChI=1S/C9H14/c1-4-5-6-7-8-9(2)3/h2,6-8H2,1,3H3. The van der Waals surface area contributed by atoms with E-state index in [-0.39, 0.29) is 0 Å². The second kappa shape index (κ2) is 5.44. The van der Waals surface area contributed by atoms with Crippen molar-refractivity contribution in [2.24, 2.45) is 0 Å². The van der Waals surface area contributed by atoms with Crippen molar-refractivity contribution in [1.29, 1.82) is 0 Å². The molecule has 0 saturated heterocycles. The summed E-state index contributed by atoms with van der Waals surface area (Å²) in [5.41, 5.74) is 1.26. The third-order valence-corrected chi connectivity index (χ3v) is 1.08. The summed E-state index contributed by atoms with van der Waals surface area (Å²) in [6.45, 7) is 7.74. The van der Waals surface area contributed by atoms with Gasteiger partial charge in [-0.2, -0.15) is 0 Å². The summed E-state index contributed by atoms with van der Waals surface area (Å²) in [5.74, 6) is 5.87. The molecule has 0 fully saturated rings. The molecule has 9 heavy (non-hydrogen) atoms. The lowest BCUT2D eigenvalue weighted by molar-refractivity contribution is 0.849. The zero-order valence-electron chi connectivity index (χ0n) is 6.33. The Kier molecular flexibility index (Phi) is 5.01. The maximum absolute atomic E-state index is 3.80. The minimum Gasteiger partial charge on any atom is -0.107 e. The molecule has 0 radical (unpaired) electrons. The van der Waals surface area contributed by atoms with Crippen molar-refractivity contribution in [1.82, 2.24) is 0 Å². The van der Waals surface area contributed by atoms with Crippen LogP contribution in [0.25, 0.3) is 0 Å². The van der Waals surface area contributed by atoms with Gasteiger partial charge in [0, 0.05) is 6.42 Å². The van der Waals surface area contributed by atoms with Crippen molar-refractivity contribution >= 4 is 0 Å². The topological polar surface area (TPSA) is 0 Å². The highest BCUT2D eigenvalue weighted by Gasteiger charge is 1.83. The summed E-state index contributed by atoms with van der Waals surface area (Å²) >= 11 is 0. The third kappa shape index (κ3) is 7.30. The molecule has 0 nitrogen and oxygen atoms in total. The molecule has 50 valence electrons. The molecule has 0 heterocycles. The minimum atomic E-state index is 1.02. The van der Waals surface area contributed by atoms with Crippen molar-refractivity contribution < 1.29 is 0 Å². The molecule has 0 aliphatic rings. The molecule has 0 unspecified atom stereocenters. The van der Waals surface area contributed by atoms with Gasteiger partial charge >= 0.3 is 0 Å². The van der Waals surface area contributed by atoms with E-state index in [1.807, 2.05) is 6.92 Å². The van der Waals surface area contributed by atoms with Crippen molar-refractivity contribution in [2.45, 2.75) is 33.1 Å². The average Bonchev–Trinajstić information content (AvgIpc) is 1.80. The Morgan fingerprint density at radius 2 is 2.22 bits per heavy atom. The number of rotatable bonds is 3. The molecule has 0 heteroatoms. The van der Waals surface area contributed by atoms with Crippen LogP contribution in [0.3, 0.4) is 0 Å². The molecule has 0 aliphatic heterocycles. The molecule has 0 amide bonds. The molecular formula is C9H14. The molecule has 0 aromatic rings. The summed E-state index contributed by atoms with van der Waals surface area (Å²) < 4.78 is 0. The molecule has 0 aliphatic carbocycles. The lowest BCUT2D eigenvalue weighted by atomic mass is 10.1. The van der Waals surface area contributed by atoms with Crippen LogP contribution in [0.4, 0.5) is 0 Å². The zero-order chi connectivity index (χ0) is 7.11. The van der Waals surface area contributed by atoms with Gasteiger partial charge in [0.15, 0.2) is 0 Å². The maximum atomic E-state index is 3.80. The van der Waals surface area contributed by atoms with Gasteiger partial charge in [0.1, 0.15) is 0 Å². The van der Waals surface area contributed by atoms with Crippen molar-refractivity contribution in [3.63, 3.8) is 0 Å². The lowest BCUT2D eigenvalue weighted by Gasteiger charge is -1.92. The quantitative estimate of drug-likeness (QED) is 0.307. The predicted octanol–water partition coefficient (Wildman–Crippen LogP) is 2.76. The van der Waals surface area contributed by atoms with Crippen molar-refractivity contribution in [2.75, 3.05) is 0 Å². The Balaban J connectivity index is 3.07. The smallest absolute Gasteiger partial charge is 0.00916 e. The van der Waals surface area contributed by atoms with E-state index >= 15 is 0 Å². The van der Waals surface area contributed by atoms with Gasteiger partial charge in [-0.25, -0.2) is 0 Å². The van der Waals surface area contributed by atoms with E-state index in [0.29, 0.717) is 0 Å². The summed E-state index contributed by atoms with van der Waals surface area (Å²) in [5, 5.41) is 0. The highest BCUT2D eigenvalue weighted by molar-refractivity contribution is 4.96. The Morgan fingerprint density at radius 3 is 2.67 bits per heavy atom. The van der Waals surface area contributed by atoms with Crippen LogP contribution in [0, 0.1) is 11.8 Å². The van der Waals surface area contributed by atoms with Gasteiger partial charge in [0.05, 0.1) is 0 Å².